The van der Waals surface area contributed by atoms with Crippen molar-refractivity contribution in [2.75, 3.05) is 16.4 Å². The van der Waals surface area contributed by atoms with Crippen LogP contribution in [-0.4, -0.2) is 31.9 Å². The smallest absolute Gasteiger partial charge is 0.272 e. The maximum Gasteiger partial charge on any atom is 0.272 e. The Morgan fingerprint density at radius 1 is 0.795 bits per heavy atom. The fourth-order valence-corrected chi connectivity index (χ4v) is 5.21. The van der Waals surface area contributed by atoms with Gasteiger partial charge in [0.25, 0.3) is 11.8 Å². The van der Waals surface area contributed by atoms with Crippen molar-refractivity contribution < 1.29 is 22.8 Å². The van der Waals surface area contributed by atoms with Gasteiger partial charge >= 0.3 is 0 Å². The van der Waals surface area contributed by atoms with Gasteiger partial charge in [0.2, 0.25) is 15.9 Å². The van der Waals surface area contributed by atoms with Gasteiger partial charge in [-0.25, -0.2) is 13.6 Å². The summed E-state index contributed by atoms with van der Waals surface area (Å²) in [5.74, 6) is -0.703. The van der Waals surface area contributed by atoms with E-state index >= 15 is 0 Å². The molecule has 0 heterocycles. The van der Waals surface area contributed by atoms with E-state index in [1.807, 2.05) is 30.3 Å². The molecule has 4 rings (SSSR count). The lowest BCUT2D eigenvalue weighted by Crippen LogP contribution is -2.30. The molecular formula is C33H32N4O5S2. The van der Waals surface area contributed by atoms with Gasteiger partial charge in [0.05, 0.1) is 10.6 Å². The molecular weight excluding hydrogens is 597 g/mol. The Morgan fingerprint density at radius 2 is 1.39 bits per heavy atom. The van der Waals surface area contributed by atoms with E-state index in [1.54, 1.807) is 54.6 Å². The van der Waals surface area contributed by atoms with Crippen molar-refractivity contribution in [1.29, 1.82) is 0 Å². The fourth-order valence-electron chi connectivity index (χ4n) is 3.99. The second-order valence-corrected chi connectivity index (χ2v) is 12.7. The Balaban J connectivity index is 1.39. The van der Waals surface area contributed by atoms with Gasteiger partial charge in [-0.2, -0.15) is 0 Å². The van der Waals surface area contributed by atoms with E-state index in [0.717, 1.165) is 16.0 Å². The van der Waals surface area contributed by atoms with Gasteiger partial charge in [0.15, 0.2) is 0 Å². The van der Waals surface area contributed by atoms with Crippen molar-refractivity contribution in [3.8, 4) is 0 Å². The number of nitrogens with two attached hydrogens (primary N) is 1. The molecule has 5 N–H and O–H groups in total. The lowest BCUT2D eigenvalue weighted by atomic mass is 10.0. The van der Waals surface area contributed by atoms with E-state index in [1.165, 1.54) is 36.0 Å². The third-order valence-electron chi connectivity index (χ3n) is 6.39. The summed E-state index contributed by atoms with van der Waals surface area (Å²) in [5.41, 5.74) is 3.39. The predicted octanol–water partition coefficient (Wildman–Crippen LogP) is 5.60. The molecule has 0 aliphatic heterocycles. The number of hydrogen-bond donors (Lipinski definition) is 4. The summed E-state index contributed by atoms with van der Waals surface area (Å²) >= 11 is 1.29. The lowest BCUT2D eigenvalue weighted by Gasteiger charge is -2.12. The molecule has 0 aliphatic rings. The highest BCUT2D eigenvalue weighted by Crippen LogP contribution is 2.22. The number of carbonyl (C=O) groups excluding carboxylic acids is 3. The van der Waals surface area contributed by atoms with Crippen LogP contribution in [-0.2, 0) is 19.6 Å². The molecule has 11 heteroatoms. The molecule has 3 amide bonds. The van der Waals surface area contributed by atoms with Gasteiger partial charge in [-0.1, -0.05) is 56.3 Å². The molecule has 4 aromatic rings. The SMILES string of the molecule is CC(C)c1ccc(/C=C(\NC(=O)c2ccccc2)C(=O)Nc2ccc(SCC(=O)Nc3ccc(S(N)(=O)=O)cc3)cc2)cc1. The Morgan fingerprint density at radius 3 is 1.98 bits per heavy atom. The van der Waals surface area contributed by atoms with Crippen molar-refractivity contribution >= 4 is 57.0 Å². The van der Waals surface area contributed by atoms with E-state index in [2.05, 4.69) is 29.8 Å². The highest BCUT2D eigenvalue weighted by molar-refractivity contribution is 8.00. The number of sulfonamides is 1. The molecule has 44 heavy (non-hydrogen) atoms. The minimum atomic E-state index is -3.81. The maximum absolute atomic E-state index is 13.3. The molecule has 0 fully saturated rings. The van der Waals surface area contributed by atoms with Gasteiger partial charge in [-0.15, -0.1) is 11.8 Å². The number of anilines is 2. The first-order valence-corrected chi connectivity index (χ1v) is 16.2. The molecule has 9 nitrogen and oxygen atoms in total. The second kappa shape index (κ2) is 14.6. The van der Waals surface area contributed by atoms with Crippen LogP contribution in [0.2, 0.25) is 0 Å². The number of thioether (sulfide) groups is 1. The van der Waals surface area contributed by atoms with Crippen LogP contribution in [0.5, 0.6) is 0 Å². The van der Waals surface area contributed by atoms with E-state index in [4.69, 9.17) is 5.14 Å². The predicted molar refractivity (Wildman–Crippen MR) is 175 cm³/mol. The van der Waals surface area contributed by atoms with Crippen molar-refractivity contribution in [3.05, 3.63) is 126 Å². The maximum atomic E-state index is 13.3. The van der Waals surface area contributed by atoms with Crippen LogP contribution in [0.4, 0.5) is 11.4 Å². The van der Waals surface area contributed by atoms with Crippen LogP contribution in [0, 0.1) is 0 Å². The van der Waals surface area contributed by atoms with Crippen molar-refractivity contribution in [2.45, 2.75) is 29.6 Å². The minimum absolute atomic E-state index is 0.0430. The molecule has 0 aromatic heterocycles. The molecule has 0 unspecified atom stereocenters. The Bertz CT molecular complexity index is 1750. The second-order valence-electron chi connectivity index (χ2n) is 10.1. The average Bonchev–Trinajstić information content (AvgIpc) is 3.01. The molecule has 0 saturated carbocycles. The summed E-state index contributed by atoms with van der Waals surface area (Å²) in [6.07, 6.45) is 1.63. The first-order valence-electron chi connectivity index (χ1n) is 13.6. The number of benzene rings is 4. The Labute approximate surface area is 261 Å². The fraction of sp³-hybridized carbons (Fsp3) is 0.121. The number of primary sulfonamides is 1. The van der Waals surface area contributed by atoms with E-state index in [-0.39, 0.29) is 22.3 Å². The number of nitrogens with one attached hydrogen (secondary N) is 3. The van der Waals surface area contributed by atoms with Crippen molar-refractivity contribution in [2.24, 2.45) is 5.14 Å². The molecule has 0 atom stereocenters. The van der Waals surface area contributed by atoms with Crippen LogP contribution in [0.1, 0.15) is 41.3 Å². The lowest BCUT2D eigenvalue weighted by molar-refractivity contribution is -0.114. The van der Waals surface area contributed by atoms with E-state index in [9.17, 15) is 22.8 Å². The van der Waals surface area contributed by atoms with Crippen LogP contribution < -0.4 is 21.1 Å². The molecule has 0 spiro atoms. The first-order chi connectivity index (χ1) is 21.0. The van der Waals surface area contributed by atoms with E-state index in [0.29, 0.717) is 22.9 Å². The molecule has 0 radical (unpaired) electrons. The summed E-state index contributed by atoms with van der Waals surface area (Å²) in [6, 6.07) is 29.0. The zero-order valence-electron chi connectivity index (χ0n) is 24.1. The minimum Gasteiger partial charge on any atom is -0.325 e. The number of amides is 3. The van der Waals surface area contributed by atoms with Crippen LogP contribution in [0.3, 0.4) is 0 Å². The topological polar surface area (TPSA) is 147 Å². The molecule has 0 saturated heterocycles. The molecule has 0 aliphatic carbocycles. The van der Waals surface area contributed by atoms with Gasteiger partial charge < -0.3 is 16.0 Å². The van der Waals surface area contributed by atoms with E-state index < -0.39 is 21.8 Å². The number of rotatable bonds is 11. The molecule has 226 valence electrons. The van der Waals surface area contributed by atoms with Gasteiger partial charge in [-0.05, 0) is 83.8 Å². The van der Waals surface area contributed by atoms with Gasteiger partial charge in [-0.3, -0.25) is 14.4 Å². The van der Waals surface area contributed by atoms with Crippen LogP contribution in [0.15, 0.2) is 119 Å². The van der Waals surface area contributed by atoms with Gasteiger partial charge in [0.1, 0.15) is 5.70 Å². The Kier molecular flexibility index (Phi) is 10.7. The standard InChI is InChI=1S/C33H32N4O5S2/c1-22(2)24-10-8-23(9-11-24)20-30(37-32(39)25-6-4-3-5-7-25)33(40)36-27-12-16-28(17-13-27)43-21-31(38)35-26-14-18-29(19-15-26)44(34,41)42/h3-20,22H,21H2,1-2H3,(H,35,38)(H,36,40)(H,37,39)(H2,34,41,42)/b30-20-. The zero-order valence-corrected chi connectivity index (χ0v) is 25.7. The number of hydrogen-bond acceptors (Lipinski definition) is 6. The van der Waals surface area contributed by atoms with Crippen LogP contribution >= 0.6 is 11.8 Å². The average molecular weight is 629 g/mol. The van der Waals surface area contributed by atoms with Crippen LogP contribution in [0.25, 0.3) is 6.08 Å². The third kappa shape index (κ3) is 9.40. The Hall–Kier alpha value is -4.71. The summed E-state index contributed by atoms with van der Waals surface area (Å²) in [5, 5.41) is 13.4. The summed E-state index contributed by atoms with van der Waals surface area (Å²) in [7, 11) is -3.81. The van der Waals surface area contributed by atoms with Gasteiger partial charge in [0, 0.05) is 21.8 Å². The van der Waals surface area contributed by atoms with Crippen molar-refractivity contribution in [3.63, 3.8) is 0 Å². The highest BCUT2D eigenvalue weighted by atomic mass is 32.2. The molecule has 0 bridgehead atoms. The van der Waals surface area contributed by atoms with Crippen molar-refractivity contribution in [1.82, 2.24) is 5.32 Å². The number of carbonyl (C=O) groups is 3. The third-order valence-corrected chi connectivity index (χ3v) is 8.33. The molecule has 4 aromatic carbocycles. The normalized spacial score (nSPS) is 11.6. The summed E-state index contributed by atoms with van der Waals surface area (Å²) < 4.78 is 22.8. The monoisotopic (exact) mass is 628 g/mol. The summed E-state index contributed by atoms with van der Waals surface area (Å²) in [6.45, 7) is 4.20. The summed E-state index contributed by atoms with van der Waals surface area (Å²) in [4.78, 5) is 39.3. The first kappa shape index (κ1) is 32.2. The zero-order chi connectivity index (χ0) is 31.7. The largest absolute Gasteiger partial charge is 0.325 e. The highest BCUT2D eigenvalue weighted by Gasteiger charge is 2.16. The quantitative estimate of drug-likeness (QED) is 0.126.